The van der Waals surface area contributed by atoms with Crippen LogP contribution < -0.4 is 4.90 Å². The predicted octanol–water partition coefficient (Wildman–Crippen LogP) is 3.67. The van der Waals surface area contributed by atoms with Crippen molar-refractivity contribution in [2.24, 2.45) is 0 Å². The Morgan fingerprint density at radius 1 is 1.12 bits per heavy atom. The molecule has 0 N–H and O–H groups in total. The van der Waals surface area contributed by atoms with E-state index >= 15 is 0 Å². The Bertz CT molecular complexity index is 305. The monoisotopic (exact) mass is 235 g/mol. The van der Waals surface area contributed by atoms with Crippen molar-refractivity contribution in [2.75, 3.05) is 31.2 Å². The molecule has 0 aromatic heterocycles. The number of hydrogen-bond acceptors (Lipinski definition) is 2. The fourth-order valence-electron chi connectivity index (χ4n) is 1.86. The van der Waals surface area contributed by atoms with Crippen LogP contribution in [0.4, 0.5) is 5.69 Å². The van der Waals surface area contributed by atoms with E-state index in [2.05, 4.69) is 49.9 Å². The van der Waals surface area contributed by atoms with Gasteiger partial charge < -0.3 is 9.64 Å². The molecule has 0 atom stereocenters. The number of nitrogens with zero attached hydrogens (tertiary/aromatic N) is 1. The lowest BCUT2D eigenvalue weighted by Gasteiger charge is -2.23. The summed E-state index contributed by atoms with van der Waals surface area (Å²) in [5.74, 6) is 0.600. The minimum Gasteiger partial charge on any atom is -0.380 e. The van der Waals surface area contributed by atoms with Crippen LogP contribution in [-0.4, -0.2) is 26.3 Å². The molecule has 1 rings (SSSR count). The minimum absolute atomic E-state index is 0.600. The summed E-state index contributed by atoms with van der Waals surface area (Å²) in [6, 6.07) is 8.88. The van der Waals surface area contributed by atoms with E-state index in [1.807, 2.05) is 6.92 Å². The molecule has 1 aromatic rings. The van der Waals surface area contributed by atoms with Gasteiger partial charge in [-0.05, 0) is 37.5 Å². The normalized spacial score (nSPS) is 10.9. The fraction of sp³-hybridized carbons (Fsp3) is 0.600. The number of likely N-dealkylation sites (N-methyl/N-ethyl adjacent to an activating group) is 1. The van der Waals surface area contributed by atoms with Gasteiger partial charge in [-0.2, -0.15) is 0 Å². The zero-order valence-electron chi connectivity index (χ0n) is 11.6. The Morgan fingerprint density at radius 2 is 1.76 bits per heavy atom. The van der Waals surface area contributed by atoms with Gasteiger partial charge in [-0.3, -0.25) is 0 Å². The van der Waals surface area contributed by atoms with Crippen LogP contribution in [0.3, 0.4) is 0 Å². The summed E-state index contributed by atoms with van der Waals surface area (Å²) in [6.45, 7) is 12.2. The minimum atomic E-state index is 0.600. The standard InChI is InChI=1S/C15H25NO/c1-5-16(11-12-17-6-2)15-9-7-14(8-10-15)13(3)4/h7-10,13H,5-6,11-12H2,1-4H3. The first kappa shape index (κ1) is 14.0. The van der Waals surface area contributed by atoms with Crippen molar-refractivity contribution in [1.82, 2.24) is 0 Å². The highest BCUT2D eigenvalue weighted by Crippen LogP contribution is 2.19. The molecular formula is C15H25NO. The van der Waals surface area contributed by atoms with Crippen LogP contribution in [0.15, 0.2) is 24.3 Å². The Kier molecular flexibility index (Phi) is 6.06. The number of rotatable bonds is 7. The summed E-state index contributed by atoms with van der Waals surface area (Å²) in [4.78, 5) is 2.35. The maximum atomic E-state index is 5.41. The number of benzene rings is 1. The zero-order valence-corrected chi connectivity index (χ0v) is 11.6. The lowest BCUT2D eigenvalue weighted by atomic mass is 10.0. The quantitative estimate of drug-likeness (QED) is 0.669. The first-order valence-electron chi connectivity index (χ1n) is 6.61. The van der Waals surface area contributed by atoms with Gasteiger partial charge in [0, 0.05) is 25.4 Å². The van der Waals surface area contributed by atoms with Crippen molar-refractivity contribution in [3.05, 3.63) is 29.8 Å². The van der Waals surface area contributed by atoms with E-state index in [1.165, 1.54) is 11.3 Å². The van der Waals surface area contributed by atoms with Crippen molar-refractivity contribution in [3.63, 3.8) is 0 Å². The lowest BCUT2D eigenvalue weighted by Crippen LogP contribution is -2.27. The maximum Gasteiger partial charge on any atom is 0.0641 e. The molecular weight excluding hydrogens is 210 g/mol. The van der Waals surface area contributed by atoms with E-state index < -0.39 is 0 Å². The number of ether oxygens (including phenoxy) is 1. The third-order valence-electron chi connectivity index (χ3n) is 3.02. The molecule has 0 aliphatic heterocycles. The van der Waals surface area contributed by atoms with Crippen molar-refractivity contribution in [1.29, 1.82) is 0 Å². The average Bonchev–Trinajstić information content (AvgIpc) is 2.35. The van der Waals surface area contributed by atoms with Crippen LogP contribution in [0, 0.1) is 0 Å². The van der Waals surface area contributed by atoms with E-state index in [4.69, 9.17) is 4.74 Å². The molecule has 0 heterocycles. The molecule has 0 radical (unpaired) electrons. The van der Waals surface area contributed by atoms with Crippen LogP contribution in [0.25, 0.3) is 0 Å². The van der Waals surface area contributed by atoms with E-state index in [-0.39, 0.29) is 0 Å². The Balaban J connectivity index is 2.62. The van der Waals surface area contributed by atoms with E-state index in [1.54, 1.807) is 0 Å². The molecule has 2 heteroatoms. The Labute approximate surface area is 106 Å². The molecule has 0 aliphatic rings. The zero-order chi connectivity index (χ0) is 12.7. The summed E-state index contributed by atoms with van der Waals surface area (Å²) < 4.78 is 5.41. The Morgan fingerprint density at radius 3 is 2.24 bits per heavy atom. The second kappa shape index (κ2) is 7.33. The highest BCUT2D eigenvalue weighted by Gasteiger charge is 2.05. The molecule has 0 unspecified atom stereocenters. The maximum absolute atomic E-state index is 5.41. The highest BCUT2D eigenvalue weighted by molar-refractivity contribution is 5.47. The van der Waals surface area contributed by atoms with Gasteiger partial charge in [-0.25, -0.2) is 0 Å². The second-order valence-corrected chi connectivity index (χ2v) is 4.52. The molecule has 17 heavy (non-hydrogen) atoms. The van der Waals surface area contributed by atoms with Crippen molar-refractivity contribution in [2.45, 2.75) is 33.6 Å². The van der Waals surface area contributed by atoms with Gasteiger partial charge in [0.15, 0.2) is 0 Å². The van der Waals surface area contributed by atoms with Gasteiger partial charge in [0.1, 0.15) is 0 Å². The molecule has 0 saturated carbocycles. The van der Waals surface area contributed by atoms with Crippen molar-refractivity contribution >= 4 is 5.69 Å². The van der Waals surface area contributed by atoms with Gasteiger partial charge in [0.05, 0.1) is 6.61 Å². The van der Waals surface area contributed by atoms with Crippen LogP contribution in [0.1, 0.15) is 39.2 Å². The van der Waals surface area contributed by atoms with Gasteiger partial charge in [0.2, 0.25) is 0 Å². The molecule has 0 bridgehead atoms. The molecule has 0 spiro atoms. The van der Waals surface area contributed by atoms with E-state index in [0.29, 0.717) is 5.92 Å². The van der Waals surface area contributed by atoms with Crippen molar-refractivity contribution in [3.8, 4) is 0 Å². The topological polar surface area (TPSA) is 12.5 Å². The van der Waals surface area contributed by atoms with E-state index in [0.717, 1.165) is 26.3 Å². The van der Waals surface area contributed by atoms with Crippen LogP contribution >= 0.6 is 0 Å². The first-order valence-corrected chi connectivity index (χ1v) is 6.61. The molecule has 0 fully saturated rings. The first-order chi connectivity index (χ1) is 8.19. The molecule has 0 amide bonds. The molecule has 0 aliphatic carbocycles. The third-order valence-corrected chi connectivity index (χ3v) is 3.02. The number of anilines is 1. The summed E-state index contributed by atoms with van der Waals surface area (Å²) in [5.41, 5.74) is 2.69. The molecule has 2 nitrogen and oxygen atoms in total. The van der Waals surface area contributed by atoms with Crippen LogP contribution in [0.5, 0.6) is 0 Å². The van der Waals surface area contributed by atoms with Crippen LogP contribution in [0.2, 0.25) is 0 Å². The highest BCUT2D eigenvalue weighted by atomic mass is 16.5. The second-order valence-electron chi connectivity index (χ2n) is 4.52. The Hall–Kier alpha value is -1.02. The SMILES string of the molecule is CCOCCN(CC)c1ccc(C(C)C)cc1. The van der Waals surface area contributed by atoms with Crippen LogP contribution in [-0.2, 0) is 4.74 Å². The fourth-order valence-corrected chi connectivity index (χ4v) is 1.86. The smallest absolute Gasteiger partial charge is 0.0641 e. The molecule has 0 saturated heterocycles. The molecule has 1 aromatic carbocycles. The largest absolute Gasteiger partial charge is 0.380 e. The van der Waals surface area contributed by atoms with Gasteiger partial charge >= 0.3 is 0 Å². The lowest BCUT2D eigenvalue weighted by molar-refractivity contribution is 0.154. The summed E-state index contributed by atoms with van der Waals surface area (Å²) in [7, 11) is 0. The van der Waals surface area contributed by atoms with Gasteiger partial charge in [-0.15, -0.1) is 0 Å². The summed E-state index contributed by atoms with van der Waals surface area (Å²) in [6.07, 6.45) is 0. The number of hydrogen-bond donors (Lipinski definition) is 0. The summed E-state index contributed by atoms with van der Waals surface area (Å²) >= 11 is 0. The van der Waals surface area contributed by atoms with Gasteiger partial charge in [-0.1, -0.05) is 26.0 Å². The van der Waals surface area contributed by atoms with Gasteiger partial charge in [0.25, 0.3) is 0 Å². The van der Waals surface area contributed by atoms with Crippen molar-refractivity contribution < 1.29 is 4.74 Å². The predicted molar refractivity (Wildman–Crippen MR) is 74.9 cm³/mol. The van der Waals surface area contributed by atoms with E-state index in [9.17, 15) is 0 Å². The summed E-state index contributed by atoms with van der Waals surface area (Å²) in [5, 5.41) is 0. The molecule has 96 valence electrons. The average molecular weight is 235 g/mol. The third kappa shape index (κ3) is 4.39.